The Morgan fingerprint density at radius 3 is 2.57 bits per heavy atom. The predicted molar refractivity (Wildman–Crippen MR) is 111 cm³/mol. The summed E-state index contributed by atoms with van der Waals surface area (Å²) in [5.41, 5.74) is 1.94. The number of carbonyl (C=O) groups excluding carboxylic acids is 1. The molecule has 0 saturated carbocycles. The monoisotopic (exact) mass is 418 g/mol. The zero-order chi connectivity index (χ0) is 19.9. The minimum atomic E-state index is -0.509. The average Bonchev–Trinajstić information content (AvgIpc) is 2.67. The number of rotatable bonds is 7. The van der Waals surface area contributed by atoms with Crippen molar-refractivity contribution in [1.29, 1.82) is 0 Å². The summed E-state index contributed by atoms with van der Waals surface area (Å²) in [6.07, 6.45) is 0. The van der Waals surface area contributed by atoms with Crippen molar-refractivity contribution in [2.75, 3.05) is 17.2 Å². The molecule has 0 aromatic heterocycles. The largest absolute Gasteiger partial charge is 0.482 e. The third-order valence-corrected chi connectivity index (χ3v) is 4.35. The van der Waals surface area contributed by atoms with Crippen molar-refractivity contribution in [3.63, 3.8) is 0 Å². The number of nitrogens with one attached hydrogen (secondary N) is 2. The summed E-state index contributed by atoms with van der Waals surface area (Å²) in [5, 5.41) is 6.73. The van der Waals surface area contributed by atoms with Crippen LogP contribution in [-0.2, 0) is 11.3 Å². The lowest BCUT2D eigenvalue weighted by atomic mass is 10.2. The van der Waals surface area contributed by atoms with E-state index in [0.717, 1.165) is 11.3 Å². The third-order valence-electron chi connectivity index (χ3n) is 3.82. The molecule has 1 amide bonds. The van der Waals surface area contributed by atoms with E-state index in [0.29, 0.717) is 22.3 Å². The van der Waals surface area contributed by atoms with Crippen LogP contribution >= 0.6 is 23.2 Å². The zero-order valence-electron chi connectivity index (χ0n) is 14.7. The van der Waals surface area contributed by atoms with Gasteiger partial charge >= 0.3 is 0 Å². The van der Waals surface area contributed by atoms with Crippen LogP contribution in [-0.4, -0.2) is 12.5 Å². The molecule has 0 radical (unpaired) electrons. The van der Waals surface area contributed by atoms with Gasteiger partial charge in [-0.1, -0.05) is 47.5 Å². The van der Waals surface area contributed by atoms with Gasteiger partial charge in [0, 0.05) is 17.3 Å². The van der Waals surface area contributed by atoms with Gasteiger partial charge in [0.05, 0.1) is 10.7 Å². The van der Waals surface area contributed by atoms with Crippen molar-refractivity contribution in [2.45, 2.75) is 6.54 Å². The molecule has 0 unspecified atom stereocenters. The van der Waals surface area contributed by atoms with Crippen LogP contribution in [0, 0.1) is 5.82 Å². The summed E-state index contributed by atoms with van der Waals surface area (Å²) in [5.74, 6) is -0.616. The molecule has 7 heteroatoms. The van der Waals surface area contributed by atoms with Gasteiger partial charge in [-0.15, -0.1) is 0 Å². The molecule has 144 valence electrons. The van der Waals surface area contributed by atoms with E-state index in [1.807, 2.05) is 24.3 Å². The number of ether oxygens (including phenoxy) is 1. The van der Waals surface area contributed by atoms with Crippen molar-refractivity contribution in [3.8, 4) is 5.75 Å². The number of amides is 1. The highest BCUT2D eigenvalue weighted by Crippen LogP contribution is 2.26. The standard InChI is InChI=1S/C21H17Cl2FN2O2/c22-15-4-3-5-16(11-15)25-12-14-8-9-20(17(23)10-14)28-13-21(27)26-19-7-2-1-6-18(19)24/h1-11,25H,12-13H2,(H,26,27). The van der Waals surface area contributed by atoms with Crippen LogP contribution in [0.5, 0.6) is 5.75 Å². The van der Waals surface area contributed by atoms with Crippen LogP contribution in [0.15, 0.2) is 66.7 Å². The summed E-state index contributed by atoms with van der Waals surface area (Å²) in [7, 11) is 0. The smallest absolute Gasteiger partial charge is 0.262 e. The quantitative estimate of drug-likeness (QED) is 0.512. The summed E-state index contributed by atoms with van der Waals surface area (Å²) < 4.78 is 19.0. The minimum absolute atomic E-state index is 0.102. The Labute approximate surface area is 172 Å². The first-order valence-corrected chi connectivity index (χ1v) is 9.22. The summed E-state index contributed by atoms with van der Waals surface area (Å²) in [6, 6.07) is 18.6. The maximum Gasteiger partial charge on any atom is 0.262 e. The van der Waals surface area contributed by atoms with Gasteiger partial charge in [-0.05, 0) is 48.0 Å². The predicted octanol–water partition coefficient (Wildman–Crippen LogP) is 5.76. The lowest BCUT2D eigenvalue weighted by Gasteiger charge is -2.11. The molecule has 2 N–H and O–H groups in total. The molecular formula is C21H17Cl2FN2O2. The number of anilines is 2. The third kappa shape index (κ3) is 5.62. The van der Waals surface area contributed by atoms with Crippen LogP contribution < -0.4 is 15.4 Å². The van der Waals surface area contributed by atoms with E-state index in [1.54, 1.807) is 30.3 Å². The Bertz CT molecular complexity index is 982. The highest BCUT2D eigenvalue weighted by atomic mass is 35.5. The fourth-order valence-corrected chi connectivity index (χ4v) is 2.91. The Morgan fingerprint density at radius 1 is 1.00 bits per heavy atom. The zero-order valence-corrected chi connectivity index (χ0v) is 16.2. The van der Waals surface area contributed by atoms with Gasteiger partial charge in [-0.2, -0.15) is 0 Å². The van der Waals surface area contributed by atoms with Gasteiger partial charge in [0.15, 0.2) is 6.61 Å². The van der Waals surface area contributed by atoms with E-state index >= 15 is 0 Å². The molecule has 0 atom stereocenters. The Balaban J connectivity index is 1.54. The van der Waals surface area contributed by atoms with Crippen LogP contribution in [0.2, 0.25) is 10.0 Å². The number of para-hydroxylation sites is 1. The maximum absolute atomic E-state index is 13.5. The fourth-order valence-electron chi connectivity index (χ4n) is 2.47. The van der Waals surface area contributed by atoms with Crippen LogP contribution in [0.25, 0.3) is 0 Å². The van der Waals surface area contributed by atoms with Crippen molar-refractivity contribution >= 4 is 40.5 Å². The molecule has 0 heterocycles. The second-order valence-electron chi connectivity index (χ2n) is 5.95. The van der Waals surface area contributed by atoms with Gasteiger partial charge in [-0.25, -0.2) is 4.39 Å². The molecular weight excluding hydrogens is 402 g/mol. The number of carbonyl (C=O) groups is 1. The molecule has 3 aromatic carbocycles. The van der Waals surface area contributed by atoms with Gasteiger partial charge in [-0.3, -0.25) is 4.79 Å². The molecule has 0 aliphatic carbocycles. The normalized spacial score (nSPS) is 10.4. The summed E-state index contributed by atoms with van der Waals surface area (Å²) in [4.78, 5) is 11.9. The van der Waals surface area contributed by atoms with Crippen molar-refractivity contribution in [1.82, 2.24) is 0 Å². The SMILES string of the molecule is O=C(COc1ccc(CNc2cccc(Cl)c2)cc1Cl)Nc1ccccc1F. The first kappa shape index (κ1) is 20.0. The molecule has 0 aliphatic rings. The molecule has 3 rings (SSSR count). The summed E-state index contributed by atoms with van der Waals surface area (Å²) >= 11 is 12.2. The first-order chi connectivity index (χ1) is 13.5. The second kappa shape index (κ2) is 9.44. The van der Waals surface area contributed by atoms with E-state index < -0.39 is 11.7 Å². The fraction of sp³-hybridized carbons (Fsp3) is 0.0952. The van der Waals surface area contributed by atoms with E-state index in [4.69, 9.17) is 27.9 Å². The summed E-state index contributed by atoms with van der Waals surface area (Å²) in [6.45, 7) is 0.266. The molecule has 0 fully saturated rings. The minimum Gasteiger partial charge on any atom is -0.482 e. The van der Waals surface area contributed by atoms with Crippen molar-refractivity contribution < 1.29 is 13.9 Å². The highest BCUT2D eigenvalue weighted by Gasteiger charge is 2.09. The Kier molecular flexibility index (Phi) is 6.74. The Hall–Kier alpha value is -2.76. The van der Waals surface area contributed by atoms with E-state index in [-0.39, 0.29) is 12.3 Å². The van der Waals surface area contributed by atoms with Gasteiger partial charge in [0.1, 0.15) is 11.6 Å². The number of benzene rings is 3. The van der Waals surface area contributed by atoms with Gasteiger partial charge < -0.3 is 15.4 Å². The van der Waals surface area contributed by atoms with Crippen LogP contribution in [0.4, 0.5) is 15.8 Å². The molecule has 0 saturated heterocycles. The molecule has 4 nitrogen and oxygen atoms in total. The van der Waals surface area contributed by atoms with E-state index in [1.165, 1.54) is 12.1 Å². The lowest BCUT2D eigenvalue weighted by Crippen LogP contribution is -2.20. The molecule has 0 bridgehead atoms. The van der Waals surface area contributed by atoms with Crippen molar-refractivity contribution in [2.24, 2.45) is 0 Å². The van der Waals surface area contributed by atoms with E-state index in [2.05, 4.69) is 10.6 Å². The highest BCUT2D eigenvalue weighted by molar-refractivity contribution is 6.32. The van der Waals surface area contributed by atoms with Crippen LogP contribution in [0.3, 0.4) is 0 Å². The maximum atomic E-state index is 13.5. The first-order valence-electron chi connectivity index (χ1n) is 8.46. The second-order valence-corrected chi connectivity index (χ2v) is 6.79. The Morgan fingerprint density at radius 2 is 1.82 bits per heavy atom. The van der Waals surface area contributed by atoms with Gasteiger partial charge in [0.2, 0.25) is 0 Å². The van der Waals surface area contributed by atoms with Crippen LogP contribution in [0.1, 0.15) is 5.56 Å². The van der Waals surface area contributed by atoms with Gasteiger partial charge in [0.25, 0.3) is 5.91 Å². The number of hydrogen-bond acceptors (Lipinski definition) is 3. The van der Waals surface area contributed by atoms with E-state index in [9.17, 15) is 9.18 Å². The molecule has 28 heavy (non-hydrogen) atoms. The number of halogens is 3. The number of hydrogen-bond donors (Lipinski definition) is 2. The molecule has 0 aliphatic heterocycles. The average molecular weight is 419 g/mol. The van der Waals surface area contributed by atoms with Crippen molar-refractivity contribution in [3.05, 3.63) is 88.2 Å². The molecule has 3 aromatic rings. The molecule has 0 spiro atoms. The lowest BCUT2D eigenvalue weighted by molar-refractivity contribution is -0.118. The topological polar surface area (TPSA) is 50.4 Å².